The van der Waals surface area contributed by atoms with E-state index >= 15 is 0 Å². The summed E-state index contributed by atoms with van der Waals surface area (Å²) in [5.74, 6) is -0.924. The number of carbonyl (C=O) groups is 3. The average Bonchev–Trinajstić information content (AvgIpc) is 3.16. The Balaban J connectivity index is 1.65. The van der Waals surface area contributed by atoms with Crippen molar-refractivity contribution in [2.24, 2.45) is 0 Å². The molecule has 0 atom stereocenters. The fourth-order valence-electron chi connectivity index (χ4n) is 3.69. The lowest BCUT2D eigenvalue weighted by Crippen LogP contribution is -2.35. The highest BCUT2D eigenvalue weighted by atomic mass is 32.2. The number of thioether (sulfide) groups is 1. The summed E-state index contributed by atoms with van der Waals surface area (Å²) < 4.78 is 0.454. The van der Waals surface area contributed by atoms with Gasteiger partial charge in [0.05, 0.1) is 16.2 Å². The molecule has 0 radical (unpaired) electrons. The average molecular weight is 452 g/mol. The second kappa shape index (κ2) is 8.64. The number of benzene rings is 2. The molecule has 2 aromatic rings. The maximum absolute atomic E-state index is 13.4. The molecule has 0 aromatic heterocycles. The predicted octanol–water partition coefficient (Wildman–Crippen LogP) is 3.96. The number of hydrogen-bond donors (Lipinski definition) is 1. The minimum absolute atomic E-state index is 0.150. The van der Waals surface area contributed by atoms with Crippen molar-refractivity contribution in [3.8, 4) is 0 Å². The molecule has 2 aliphatic heterocycles. The van der Waals surface area contributed by atoms with E-state index in [0.29, 0.717) is 38.3 Å². The highest BCUT2D eigenvalue weighted by Crippen LogP contribution is 2.44. The SMILES string of the molecule is CCCN1C(=O)/C(=C2/C(=O)N(CC(=O)Nc3cccc(C)c3)c3ccccc32)SC1=S. The maximum Gasteiger partial charge on any atom is 0.267 e. The van der Waals surface area contributed by atoms with E-state index < -0.39 is 0 Å². The summed E-state index contributed by atoms with van der Waals surface area (Å²) in [6, 6.07) is 14.7. The molecule has 1 N–H and O–H groups in total. The number of aryl methyl sites for hydroxylation is 1. The molecule has 2 aliphatic rings. The minimum Gasteiger partial charge on any atom is -0.325 e. The number of thiocarbonyl (C=S) groups is 1. The zero-order valence-corrected chi connectivity index (χ0v) is 18.8. The van der Waals surface area contributed by atoms with Gasteiger partial charge in [0.2, 0.25) is 5.91 Å². The van der Waals surface area contributed by atoms with Crippen LogP contribution >= 0.6 is 24.0 Å². The van der Waals surface area contributed by atoms with Gasteiger partial charge in [0.15, 0.2) is 0 Å². The third kappa shape index (κ3) is 4.00. The highest BCUT2D eigenvalue weighted by molar-refractivity contribution is 8.26. The number of rotatable bonds is 5. The summed E-state index contributed by atoms with van der Waals surface area (Å²) in [5.41, 5.74) is 3.27. The van der Waals surface area contributed by atoms with E-state index in [1.807, 2.05) is 44.2 Å². The molecule has 0 saturated carbocycles. The molecule has 0 bridgehead atoms. The number of fused-ring (bicyclic) bond motifs is 1. The van der Waals surface area contributed by atoms with Gasteiger partial charge >= 0.3 is 0 Å². The molecule has 1 saturated heterocycles. The minimum atomic E-state index is -0.363. The molecule has 8 heteroatoms. The van der Waals surface area contributed by atoms with Gasteiger partial charge in [-0.25, -0.2) is 0 Å². The Morgan fingerprint density at radius 1 is 1.06 bits per heavy atom. The second-order valence-electron chi connectivity index (χ2n) is 7.35. The Hall–Kier alpha value is -2.97. The quantitative estimate of drug-likeness (QED) is 0.550. The van der Waals surface area contributed by atoms with Crippen LogP contribution in [0, 0.1) is 6.92 Å². The summed E-state index contributed by atoms with van der Waals surface area (Å²) in [5, 5.41) is 2.83. The zero-order chi connectivity index (χ0) is 22.1. The first kappa shape index (κ1) is 21.3. The van der Waals surface area contributed by atoms with Crippen molar-refractivity contribution in [3.63, 3.8) is 0 Å². The van der Waals surface area contributed by atoms with Crippen molar-refractivity contribution < 1.29 is 14.4 Å². The van der Waals surface area contributed by atoms with Crippen LogP contribution in [0.25, 0.3) is 5.57 Å². The fraction of sp³-hybridized carbons (Fsp3) is 0.217. The van der Waals surface area contributed by atoms with Gasteiger partial charge in [0, 0.05) is 17.8 Å². The number of hydrogen-bond acceptors (Lipinski definition) is 5. The van der Waals surface area contributed by atoms with Crippen molar-refractivity contribution in [1.82, 2.24) is 4.90 Å². The van der Waals surface area contributed by atoms with Gasteiger partial charge in [0.25, 0.3) is 11.8 Å². The van der Waals surface area contributed by atoms with E-state index in [9.17, 15) is 14.4 Å². The Bertz CT molecular complexity index is 1140. The number of amides is 3. The van der Waals surface area contributed by atoms with Crippen LogP contribution in [-0.4, -0.2) is 40.0 Å². The Kier molecular flexibility index (Phi) is 5.93. The van der Waals surface area contributed by atoms with Gasteiger partial charge in [-0.2, -0.15) is 0 Å². The van der Waals surface area contributed by atoms with Gasteiger partial charge in [-0.05, 0) is 37.1 Å². The molecule has 3 amide bonds. The van der Waals surface area contributed by atoms with Crippen molar-refractivity contribution in [3.05, 3.63) is 64.6 Å². The smallest absolute Gasteiger partial charge is 0.267 e. The van der Waals surface area contributed by atoms with Gasteiger partial charge in [-0.3, -0.25) is 24.2 Å². The van der Waals surface area contributed by atoms with E-state index in [1.54, 1.807) is 18.2 Å². The van der Waals surface area contributed by atoms with Crippen LogP contribution in [0.4, 0.5) is 11.4 Å². The lowest BCUT2D eigenvalue weighted by atomic mass is 10.1. The lowest BCUT2D eigenvalue weighted by Gasteiger charge is -2.17. The molecule has 2 aromatic carbocycles. The topological polar surface area (TPSA) is 69.7 Å². The van der Waals surface area contributed by atoms with Crippen LogP contribution in [-0.2, 0) is 14.4 Å². The number of nitrogens with zero attached hydrogens (tertiary/aromatic N) is 2. The summed E-state index contributed by atoms with van der Waals surface area (Å²) in [4.78, 5) is 42.3. The molecule has 0 spiro atoms. The maximum atomic E-state index is 13.4. The first-order valence-electron chi connectivity index (χ1n) is 9.96. The van der Waals surface area contributed by atoms with Crippen molar-refractivity contribution in [1.29, 1.82) is 0 Å². The number of para-hydroxylation sites is 1. The van der Waals surface area contributed by atoms with E-state index in [2.05, 4.69) is 5.32 Å². The summed E-state index contributed by atoms with van der Waals surface area (Å²) >= 11 is 6.51. The van der Waals surface area contributed by atoms with Crippen LogP contribution in [0.15, 0.2) is 53.4 Å². The van der Waals surface area contributed by atoms with Crippen LogP contribution < -0.4 is 10.2 Å². The van der Waals surface area contributed by atoms with E-state index in [4.69, 9.17) is 12.2 Å². The Labute approximate surface area is 190 Å². The number of nitrogens with one attached hydrogen (secondary N) is 1. The van der Waals surface area contributed by atoms with Crippen LogP contribution in [0.5, 0.6) is 0 Å². The molecule has 31 heavy (non-hydrogen) atoms. The van der Waals surface area contributed by atoms with Crippen molar-refractivity contribution in [2.45, 2.75) is 20.3 Å². The monoisotopic (exact) mass is 451 g/mol. The number of carbonyl (C=O) groups excluding carboxylic acids is 3. The summed E-state index contributed by atoms with van der Waals surface area (Å²) in [6.07, 6.45) is 0.769. The normalized spacial score (nSPS) is 18.1. The van der Waals surface area contributed by atoms with Crippen LogP contribution in [0.3, 0.4) is 0 Å². The molecular weight excluding hydrogens is 430 g/mol. The van der Waals surface area contributed by atoms with Gasteiger partial charge in [-0.15, -0.1) is 0 Å². The molecule has 158 valence electrons. The Morgan fingerprint density at radius 2 is 1.84 bits per heavy atom. The fourth-order valence-corrected chi connectivity index (χ4v) is 5.07. The molecule has 6 nitrogen and oxygen atoms in total. The lowest BCUT2D eigenvalue weighted by molar-refractivity contribution is -0.122. The molecule has 0 unspecified atom stereocenters. The largest absolute Gasteiger partial charge is 0.325 e. The number of anilines is 2. The summed E-state index contributed by atoms with van der Waals surface area (Å²) in [6.45, 7) is 4.27. The molecule has 0 aliphatic carbocycles. The standard InChI is InChI=1S/C23H21N3O3S2/c1-3-11-25-22(29)20(31-23(25)30)19-16-9-4-5-10-17(16)26(21(19)28)13-18(27)24-15-8-6-7-14(2)12-15/h4-10,12H,3,11,13H2,1-2H3,(H,24,27)/b20-19-. The molecule has 2 heterocycles. The third-order valence-electron chi connectivity index (χ3n) is 5.05. The van der Waals surface area contributed by atoms with Crippen LogP contribution in [0.1, 0.15) is 24.5 Å². The Morgan fingerprint density at radius 3 is 2.58 bits per heavy atom. The summed E-state index contributed by atoms with van der Waals surface area (Å²) in [7, 11) is 0. The van der Waals surface area contributed by atoms with Crippen LogP contribution in [0.2, 0.25) is 0 Å². The van der Waals surface area contributed by atoms with E-state index in [0.717, 1.165) is 23.7 Å². The van der Waals surface area contributed by atoms with E-state index in [1.165, 1.54) is 9.80 Å². The molecule has 4 rings (SSSR count). The van der Waals surface area contributed by atoms with Crippen molar-refractivity contribution in [2.75, 3.05) is 23.3 Å². The zero-order valence-electron chi connectivity index (χ0n) is 17.2. The van der Waals surface area contributed by atoms with E-state index in [-0.39, 0.29) is 24.3 Å². The second-order valence-corrected chi connectivity index (χ2v) is 9.00. The predicted molar refractivity (Wildman–Crippen MR) is 128 cm³/mol. The van der Waals surface area contributed by atoms with Gasteiger partial charge in [0.1, 0.15) is 10.9 Å². The first-order chi connectivity index (χ1) is 14.9. The van der Waals surface area contributed by atoms with Gasteiger partial charge in [-0.1, -0.05) is 61.2 Å². The highest BCUT2D eigenvalue weighted by Gasteiger charge is 2.42. The first-order valence-corrected chi connectivity index (χ1v) is 11.2. The molecule has 1 fully saturated rings. The van der Waals surface area contributed by atoms with Crippen molar-refractivity contribution >= 4 is 63.0 Å². The van der Waals surface area contributed by atoms with Gasteiger partial charge < -0.3 is 5.32 Å². The molecular formula is C23H21N3O3S2. The third-order valence-corrected chi connectivity index (χ3v) is 6.50.